The molecular formula is C15H24N4O2. The number of hydrogen-bond donors (Lipinski definition) is 2. The van der Waals surface area contributed by atoms with Crippen LogP contribution in [0.4, 0.5) is 0 Å². The molecule has 0 unspecified atom stereocenters. The summed E-state index contributed by atoms with van der Waals surface area (Å²) in [5, 5.41) is 10.1. The highest BCUT2D eigenvalue weighted by atomic mass is 16.5. The van der Waals surface area contributed by atoms with Gasteiger partial charge in [0.05, 0.1) is 13.2 Å². The lowest BCUT2D eigenvalue weighted by atomic mass is 9.95. The first-order chi connectivity index (χ1) is 10.3. The molecule has 1 aromatic rings. The summed E-state index contributed by atoms with van der Waals surface area (Å²) >= 11 is 0. The molecule has 0 radical (unpaired) electrons. The number of rotatable bonds is 5. The van der Waals surface area contributed by atoms with Crippen LogP contribution in [0.3, 0.4) is 0 Å². The van der Waals surface area contributed by atoms with E-state index in [1.54, 1.807) is 6.20 Å². The van der Waals surface area contributed by atoms with Gasteiger partial charge in [-0.25, -0.2) is 0 Å². The Hall–Kier alpha value is -1.40. The molecule has 2 N–H and O–H groups in total. The molecule has 3 rings (SSSR count). The number of nitrogens with zero attached hydrogens (tertiary/aromatic N) is 2. The third kappa shape index (κ3) is 4.04. The minimum atomic E-state index is 0.132. The second-order valence-electron chi connectivity index (χ2n) is 6.12. The van der Waals surface area contributed by atoms with Crippen LogP contribution < -0.4 is 5.32 Å². The Morgan fingerprint density at radius 3 is 3.24 bits per heavy atom. The van der Waals surface area contributed by atoms with Crippen molar-refractivity contribution in [3.63, 3.8) is 0 Å². The van der Waals surface area contributed by atoms with Crippen molar-refractivity contribution < 1.29 is 9.53 Å². The van der Waals surface area contributed by atoms with Gasteiger partial charge in [0.15, 0.2) is 0 Å². The molecule has 3 heterocycles. The van der Waals surface area contributed by atoms with Crippen LogP contribution in [0.5, 0.6) is 0 Å². The SMILES string of the molecule is O=C(CN1CCC[C@H](c2ccn[nH]2)C1)NC[C@@H]1CCOC1. The molecule has 2 fully saturated rings. The van der Waals surface area contributed by atoms with Gasteiger partial charge < -0.3 is 10.1 Å². The summed E-state index contributed by atoms with van der Waals surface area (Å²) < 4.78 is 5.32. The smallest absolute Gasteiger partial charge is 0.234 e. The van der Waals surface area contributed by atoms with Crippen LogP contribution in [0.1, 0.15) is 30.9 Å². The molecule has 0 spiro atoms. The number of aromatic amines is 1. The number of likely N-dealkylation sites (tertiary alicyclic amines) is 1. The Kier molecular flexibility index (Phi) is 4.87. The van der Waals surface area contributed by atoms with Crippen molar-refractivity contribution in [3.05, 3.63) is 18.0 Å². The van der Waals surface area contributed by atoms with E-state index in [4.69, 9.17) is 4.74 Å². The van der Waals surface area contributed by atoms with E-state index in [2.05, 4.69) is 20.4 Å². The van der Waals surface area contributed by atoms with Crippen molar-refractivity contribution >= 4 is 5.91 Å². The standard InChI is InChI=1S/C15H24N4O2/c20-15(16-8-12-4-7-21-11-12)10-19-6-1-2-13(9-19)14-3-5-17-18-14/h3,5,12-13H,1-2,4,6-11H2,(H,16,20)(H,17,18)/t12-,13-/m0/s1. The summed E-state index contributed by atoms with van der Waals surface area (Å²) in [6.07, 6.45) is 5.16. The molecule has 2 atom stereocenters. The molecule has 6 heteroatoms. The molecule has 116 valence electrons. The predicted octanol–water partition coefficient (Wildman–Crippen LogP) is 0.742. The van der Waals surface area contributed by atoms with E-state index in [9.17, 15) is 4.79 Å². The number of hydrogen-bond acceptors (Lipinski definition) is 4. The number of nitrogens with one attached hydrogen (secondary N) is 2. The van der Waals surface area contributed by atoms with Gasteiger partial charge in [0, 0.05) is 43.4 Å². The van der Waals surface area contributed by atoms with Crippen molar-refractivity contribution in [2.75, 3.05) is 39.4 Å². The highest BCUT2D eigenvalue weighted by molar-refractivity contribution is 5.78. The Bertz CT molecular complexity index is 443. The summed E-state index contributed by atoms with van der Waals surface area (Å²) in [5.41, 5.74) is 1.18. The fourth-order valence-electron chi connectivity index (χ4n) is 3.21. The third-order valence-electron chi connectivity index (χ3n) is 4.45. The van der Waals surface area contributed by atoms with E-state index in [1.165, 1.54) is 12.1 Å². The predicted molar refractivity (Wildman–Crippen MR) is 78.9 cm³/mol. The third-order valence-corrected chi connectivity index (χ3v) is 4.45. The topological polar surface area (TPSA) is 70.2 Å². The summed E-state index contributed by atoms with van der Waals surface area (Å²) in [6, 6.07) is 2.04. The molecular weight excluding hydrogens is 268 g/mol. The number of piperidine rings is 1. The second-order valence-corrected chi connectivity index (χ2v) is 6.12. The summed E-state index contributed by atoms with van der Waals surface area (Å²) in [6.45, 7) is 4.80. The van der Waals surface area contributed by atoms with Crippen LogP contribution in [0.25, 0.3) is 0 Å². The van der Waals surface area contributed by atoms with Crippen LogP contribution in [0.15, 0.2) is 12.3 Å². The number of carbonyl (C=O) groups excluding carboxylic acids is 1. The highest BCUT2D eigenvalue weighted by Gasteiger charge is 2.24. The average molecular weight is 292 g/mol. The van der Waals surface area contributed by atoms with Crippen molar-refractivity contribution in [1.29, 1.82) is 0 Å². The normalized spacial score (nSPS) is 26.9. The van der Waals surface area contributed by atoms with Crippen LogP contribution in [0.2, 0.25) is 0 Å². The molecule has 2 aliphatic heterocycles. The molecule has 0 saturated carbocycles. The van der Waals surface area contributed by atoms with E-state index in [0.29, 0.717) is 18.4 Å². The molecule has 0 bridgehead atoms. The van der Waals surface area contributed by atoms with Gasteiger partial charge in [-0.15, -0.1) is 0 Å². The fraction of sp³-hybridized carbons (Fsp3) is 0.733. The van der Waals surface area contributed by atoms with Crippen LogP contribution in [0, 0.1) is 5.92 Å². The zero-order chi connectivity index (χ0) is 14.5. The Morgan fingerprint density at radius 1 is 1.52 bits per heavy atom. The van der Waals surface area contributed by atoms with Gasteiger partial charge in [0.25, 0.3) is 0 Å². The molecule has 2 saturated heterocycles. The van der Waals surface area contributed by atoms with Crippen molar-refractivity contribution in [2.45, 2.75) is 25.2 Å². The average Bonchev–Trinajstić information content (AvgIpc) is 3.19. The summed E-state index contributed by atoms with van der Waals surface area (Å²) in [7, 11) is 0. The molecule has 1 aromatic heterocycles. The zero-order valence-corrected chi connectivity index (χ0v) is 12.4. The first-order valence-corrected chi connectivity index (χ1v) is 7.87. The maximum atomic E-state index is 12.0. The number of ether oxygens (including phenoxy) is 1. The Labute approximate surface area is 125 Å². The van der Waals surface area contributed by atoms with Gasteiger partial charge in [0.2, 0.25) is 5.91 Å². The minimum Gasteiger partial charge on any atom is -0.381 e. The maximum Gasteiger partial charge on any atom is 0.234 e. The van der Waals surface area contributed by atoms with Crippen molar-refractivity contribution in [1.82, 2.24) is 20.4 Å². The van der Waals surface area contributed by atoms with E-state index < -0.39 is 0 Å². The van der Waals surface area contributed by atoms with Crippen LogP contribution in [-0.2, 0) is 9.53 Å². The Morgan fingerprint density at radius 2 is 2.48 bits per heavy atom. The van der Waals surface area contributed by atoms with E-state index >= 15 is 0 Å². The molecule has 0 aromatic carbocycles. The van der Waals surface area contributed by atoms with Crippen LogP contribution in [-0.4, -0.2) is 60.4 Å². The monoisotopic (exact) mass is 292 g/mol. The lowest BCUT2D eigenvalue weighted by Crippen LogP contribution is -2.43. The summed E-state index contributed by atoms with van der Waals surface area (Å²) in [5.74, 6) is 1.09. The van der Waals surface area contributed by atoms with E-state index in [1.807, 2.05) is 6.07 Å². The van der Waals surface area contributed by atoms with Gasteiger partial charge >= 0.3 is 0 Å². The van der Waals surface area contributed by atoms with E-state index in [0.717, 1.165) is 45.7 Å². The lowest BCUT2D eigenvalue weighted by molar-refractivity contribution is -0.122. The molecule has 0 aliphatic carbocycles. The summed E-state index contributed by atoms with van der Waals surface area (Å²) in [4.78, 5) is 14.3. The molecule has 6 nitrogen and oxygen atoms in total. The zero-order valence-electron chi connectivity index (χ0n) is 12.4. The first kappa shape index (κ1) is 14.5. The first-order valence-electron chi connectivity index (χ1n) is 7.87. The van der Waals surface area contributed by atoms with Crippen LogP contribution >= 0.6 is 0 Å². The van der Waals surface area contributed by atoms with E-state index in [-0.39, 0.29) is 5.91 Å². The Balaban J connectivity index is 1.42. The molecule has 2 aliphatic rings. The van der Waals surface area contributed by atoms with Gasteiger partial charge in [-0.05, 0) is 31.9 Å². The van der Waals surface area contributed by atoms with Crippen molar-refractivity contribution in [2.24, 2.45) is 5.92 Å². The molecule has 1 amide bonds. The van der Waals surface area contributed by atoms with Gasteiger partial charge in [-0.3, -0.25) is 14.8 Å². The largest absolute Gasteiger partial charge is 0.381 e. The van der Waals surface area contributed by atoms with Gasteiger partial charge in [-0.1, -0.05) is 0 Å². The van der Waals surface area contributed by atoms with Crippen molar-refractivity contribution in [3.8, 4) is 0 Å². The number of amides is 1. The quantitative estimate of drug-likeness (QED) is 0.840. The van der Waals surface area contributed by atoms with Gasteiger partial charge in [-0.2, -0.15) is 5.10 Å². The van der Waals surface area contributed by atoms with Gasteiger partial charge in [0.1, 0.15) is 0 Å². The number of aromatic nitrogens is 2. The minimum absolute atomic E-state index is 0.132. The number of carbonyl (C=O) groups is 1. The number of H-pyrrole nitrogens is 1. The maximum absolute atomic E-state index is 12.0. The second kappa shape index (κ2) is 7.04. The highest BCUT2D eigenvalue weighted by Crippen LogP contribution is 2.24. The lowest BCUT2D eigenvalue weighted by Gasteiger charge is -2.31. The molecule has 21 heavy (non-hydrogen) atoms. The fourth-order valence-corrected chi connectivity index (χ4v) is 3.21.